The summed E-state index contributed by atoms with van der Waals surface area (Å²) in [5, 5.41) is 0. The fourth-order valence-corrected chi connectivity index (χ4v) is 4.33. The summed E-state index contributed by atoms with van der Waals surface area (Å²) in [4.78, 5) is 31.6. The molecular formula is C22H33N3O3. The highest BCUT2D eigenvalue weighted by Crippen LogP contribution is 2.40. The lowest BCUT2D eigenvalue weighted by Crippen LogP contribution is -2.43. The Bertz CT molecular complexity index is 681. The van der Waals surface area contributed by atoms with E-state index in [-0.39, 0.29) is 23.8 Å². The van der Waals surface area contributed by atoms with Crippen LogP contribution in [0, 0.1) is 5.41 Å². The van der Waals surface area contributed by atoms with Crippen molar-refractivity contribution in [2.75, 3.05) is 46.9 Å². The molecule has 0 N–H and O–H groups in total. The molecule has 0 bridgehead atoms. The first-order chi connectivity index (χ1) is 13.4. The van der Waals surface area contributed by atoms with Crippen LogP contribution in [0.25, 0.3) is 0 Å². The van der Waals surface area contributed by atoms with Gasteiger partial charge >= 0.3 is 0 Å². The van der Waals surface area contributed by atoms with Crippen LogP contribution in [-0.4, -0.2) is 73.4 Å². The van der Waals surface area contributed by atoms with Crippen molar-refractivity contribution >= 4 is 11.8 Å². The average molecular weight is 388 g/mol. The maximum absolute atomic E-state index is 13.0. The van der Waals surface area contributed by atoms with E-state index in [0.717, 1.165) is 50.2 Å². The third kappa shape index (κ3) is 4.85. The lowest BCUT2D eigenvalue weighted by Gasteiger charge is -2.37. The maximum Gasteiger partial charge on any atom is 0.242 e. The molecule has 0 saturated carbocycles. The van der Waals surface area contributed by atoms with Gasteiger partial charge in [0.25, 0.3) is 0 Å². The Kier molecular flexibility index (Phi) is 6.60. The first-order valence-corrected chi connectivity index (χ1v) is 10.3. The zero-order chi connectivity index (χ0) is 20.1. The van der Waals surface area contributed by atoms with Crippen molar-refractivity contribution in [1.82, 2.24) is 14.7 Å². The van der Waals surface area contributed by atoms with Crippen molar-refractivity contribution in [2.24, 2.45) is 5.41 Å². The Labute approximate surface area is 168 Å². The van der Waals surface area contributed by atoms with Gasteiger partial charge in [-0.05, 0) is 62.5 Å². The maximum atomic E-state index is 13.0. The SMILES string of the molecule is CCCN(Cc1ccc(OC)cc1)C(=O)CN1CC2(CCN(C)CC2)CC1=O. The van der Waals surface area contributed by atoms with Crippen LogP contribution in [0.4, 0.5) is 0 Å². The van der Waals surface area contributed by atoms with Gasteiger partial charge in [-0.1, -0.05) is 19.1 Å². The summed E-state index contributed by atoms with van der Waals surface area (Å²) in [6, 6.07) is 7.81. The van der Waals surface area contributed by atoms with Gasteiger partial charge in [0.05, 0.1) is 13.7 Å². The molecule has 0 aliphatic carbocycles. The summed E-state index contributed by atoms with van der Waals surface area (Å²) in [5.74, 6) is 0.984. The van der Waals surface area contributed by atoms with Gasteiger partial charge in [0.15, 0.2) is 0 Å². The van der Waals surface area contributed by atoms with Crippen LogP contribution in [0.5, 0.6) is 5.75 Å². The summed E-state index contributed by atoms with van der Waals surface area (Å²) < 4.78 is 5.20. The topological polar surface area (TPSA) is 53.1 Å². The van der Waals surface area contributed by atoms with Crippen molar-refractivity contribution in [2.45, 2.75) is 39.2 Å². The second kappa shape index (κ2) is 8.95. The molecule has 0 radical (unpaired) electrons. The van der Waals surface area contributed by atoms with E-state index in [4.69, 9.17) is 4.74 Å². The molecule has 0 aromatic heterocycles. The quantitative estimate of drug-likeness (QED) is 0.721. The van der Waals surface area contributed by atoms with E-state index in [1.54, 1.807) is 12.0 Å². The van der Waals surface area contributed by atoms with Crippen LogP contribution in [0.2, 0.25) is 0 Å². The van der Waals surface area contributed by atoms with Crippen LogP contribution in [0.3, 0.4) is 0 Å². The fraction of sp³-hybridized carbons (Fsp3) is 0.636. The third-order valence-corrected chi connectivity index (χ3v) is 6.16. The van der Waals surface area contributed by atoms with Crippen molar-refractivity contribution in [3.05, 3.63) is 29.8 Å². The molecule has 2 amide bonds. The minimum absolute atomic E-state index is 0.0380. The lowest BCUT2D eigenvalue weighted by molar-refractivity contribution is -0.138. The van der Waals surface area contributed by atoms with Crippen LogP contribution < -0.4 is 4.74 Å². The Morgan fingerprint density at radius 3 is 2.50 bits per heavy atom. The summed E-state index contributed by atoms with van der Waals surface area (Å²) in [6.07, 6.45) is 3.58. The highest BCUT2D eigenvalue weighted by Gasteiger charge is 2.44. The number of benzene rings is 1. The smallest absolute Gasteiger partial charge is 0.242 e. The molecule has 3 rings (SSSR count). The Morgan fingerprint density at radius 1 is 1.21 bits per heavy atom. The fourth-order valence-electron chi connectivity index (χ4n) is 4.33. The molecule has 2 aliphatic heterocycles. The summed E-state index contributed by atoms with van der Waals surface area (Å²) in [5.41, 5.74) is 1.15. The molecule has 2 heterocycles. The first kappa shape index (κ1) is 20.6. The third-order valence-electron chi connectivity index (χ3n) is 6.16. The average Bonchev–Trinajstić information content (AvgIpc) is 2.99. The predicted octanol–water partition coefficient (Wildman–Crippen LogP) is 2.38. The number of piperidine rings is 1. The largest absolute Gasteiger partial charge is 0.497 e. The van der Waals surface area contributed by atoms with Gasteiger partial charge in [0, 0.05) is 26.1 Å². The normalized spacial score (nSPS) is 19.2. The number of amides is 2. The summed E-state index contributed by atoms with van der Waals surface area (Å²) in [6.45, 7) is 6.34. The van der Waals surface area contributed by atoms with Crippen LogP contribution in [-0.2, 0) is 16.1 Å². The van der Waals surface area contributed by atoms with E-state index in [1.165, 1.54) is 0 Å². The van der Waals surface area contributed by atoms with Crippen molar-refractivity contribution in [1.29, 1.82) is 0 Å². The van der Waals surface area contributed by atoms with Gasteiger partial charge in [-0.25, -0.2) is 0 Å². The molecule has 6 heteroatoms. The molecule has 6 nitrogen and oxygen atoms in total. The molecule has 0 atom stereocenters. The van der Waals surface area contributed by atoms with Crippen LogP contribution in [0.1, 0.15) is 38.2 Å². The Balaban J connectivity index is 1.61. The van der Waals surface area contributed by atoms with Gasteiger partial charge in [-0.15, -0.1) is 0 Å². The van der Waals surface area contributed by atoms with Crippen molar-refractivity contribution < 1.29 is 14.3 Å². The molecule has 1 spiro atoms. The molecular weight excluding hydrogens is 354 g/mol. The van der Waals surface area contributed by atoms with E-state index < -0.39 is 0 Å². The lowest BCUT2D eigenvalue weighted by atomic mass is 9.78. The molecule has 28 heavy (non-hydrogen) atoms. The van der Waals surface area contributed by atoms with E-state index in [2.05, 4.69) is 18.9 Å². The number of carbonyl (C=O) groups excluding carboxylic acids is 2. The number of ether oxygens (including phenoxy) is 1. The molecule has 2 fully saturated rings. The number of nitrogens with zero attached hydrogens (tertiary/aromatic N) is 3. The number of carbonyl (C=O) groups is 2. The zero-order valence-corrected chi connectivity index (χ0v) is 17.4. The second-order valence-corrected chi connectivity index (χ2v) is 8.39. The monoisotopic (exact) mass is 387 g/mol. The van der Waals surface area contributed by atoms with Crippen molar-refractivity contribution in [3.8, 4) is 5.75 Å². The van der Waals surface area contributed by atoms with Gasteiger partial charge < -0.3 is 19.4 Å². The molecule has 1 aromatic carbocycles. The highest BCUT2D eigenvalue weighted by molar-refractivity contribution is 5.86. The number of hydrogen-bond acceptors (Lipinski definition) is 4. The van der Waals surface area contributed by atoms with Crippen molar-refractivity contribution in [3.63, 3.8) is 0 Å². The number of hydrogen-bond donors (Lipinski definition) is 0. The molecule has 1 aromatic rings. The van der Waals surface area contributed by atoms with E-state index >= 15 is 0 Å². The minimum atomic E-state index is 0.0380. The summed E-state index contributed by atoms with van der Waals surface area (Å²) in [7, 11) is 3.78. The summed E-state index contributed by atoms with van der Waals surface area (Å²) >= 11 is 0. The minimum Gasteiger partial charge on any atom is -0.497 e. The van der Waals surface area contributed by atoms with E-state index in [0.29, 0.717) is 19.5 Å². The number of methoxy groups -OCH3 is 1. The van der Waals surface area contributed by atoms with Gasteiger partial charge in [-0.2, -0.15) is 0 Å². The number of likely N-dealkylation sites (tertiary alicyclic amines) is 2. The Hall–Kier alpha value is -2.08. The standard InChI is InChI=1S/C22H33N3O3/c1-4-11-24(15-18-5-7-19(28-3)8-6-18)21(27)16-25-17-22(14-20(25)26)9-12-23(2)13-10-22/h5-8H,4,9-17H2,1-3H3. The molecule has 2 saturated heterocycles. The molecule has 2 aliphatic rings. The van der Waals surface area contributed by atoms with Gasteiger partial charge in [-0.3, -0.25) is 9.59 Å². The van der Waals surface area contributed by atoms with Gasteiger partial charge in [0.1, 0.15) is 5.75 Å². The second-order valence-electron chi connectivity index (χ2n) is 8.39. The number of rotatable bonds is 7. The van der Waals surface area contributed by atoms with Crippen LogP contribution in [0.15, 0.2) is 24.3 Å². The van der Waals surface area contributed by atoms with Crippen LogP contribution >= 0.6 is 0 Å². The van der Waals surface area contributed by atoms with Gasteiger partial charge in [0.2, 0.25) is 11.8 Å². The Morgan fingerprint density at radius 2 is 1.89 bits per heavy atom. The van der Waals surface area contributed by atoms with E-state index in [9.17, 15) is 9.59 Å². The predicted molar refractivity (Wildman–Crippen MR) is 109 cm³/mol. The van der Waals surface area contributed by atoms with E-state index in [1.807, 2.05) is 29.2 Å². The molecule has 154 valence electrons. The molecule has 0 unspecified atom stereocenters. The highest BCUT2D eigenvalue weighted by atomic mass is 16.5. The first-order valence-electron chi connectivity index (χ1n) is 10.3. The zero-order valence-electron chi connectivity index (χ0n) is 17.4.